The number of carbonyl (C=O) groups excluding carboxylic acids is 1. The highest BCUT2D eigenvalue weighted by atomic mass is 19.3. The van der Waals surface area contributed by atoms with Crippen LogP contribution < -0.4 is 15.7 Å². The van der Waals surface area contributed by atoms with Crippen molar-refractivity contribution in [2.24, 2.45) is 0 Å². The molecule has 1 aromatic heterocycles. The minimum atomic E-state index is -2.98. The summed E-state index contributed by atoms with van der Waals surface area (Å²) in [5.41, 5.74) is 0.264. The van der Waals surface area contributed by atoms with Gasteiger partial charge in [-0.3, -0.25) is 13.9 Å². The molecule has 0 saturated heterocycles. The molecule has 1 amide bonds. The largest absolute Gasteiger partial charge is 0.435 e. The second-order valence-electron chi connectivity index (χ2n) is 8.51. The van der Waals surface area contributed by atoms with Crippen LogP contribution in [0.2, 0.25) is 0 Å². The van der Waals surface area contributed by atoms with Crippen LogP contribution in [0.5, 0.6) is 5.75 Å². The zero-order chi connectivity index (χ0) is 23.8. The van der Waals surface area contributed by atoms with Crippen molar-refractivity contribution in [1.82, 2.24) is 14.5 Å². The van der Waals surface area contributed by atoms with Gasteiger partial charge in [-0.05, 0) is 65.0 Å². The average molecular weight is 447 g/mol. The number of hydrogen-bond acceptors (Lipinski definition) is 4. The summed E-state index contributed by atoms with van der Waals surface area (Å²) < 4.78 is 32.7. The predicted octanol–water partition coefficient (Wildman–Crippen LogP) is 3.86. The molecule has 0 bridgehead atoms. The number of benzene rings is 2. The number of aliphatic hydroxyl groups is 1. The Morgan fingerprint density at radius 1 is 1.09 bits per heavy atom. The van der Waals surface area contributed by atoms with E-state index < -0.39 is 18.3 Å². The molecule has 9 heteroatoms. The van der Waals surface area contributed by atoms with Gasteiger partial charge in [-0.1, -0.05) is 6.07 Å². The van der Waals surface area contributed by atoms with Crippen LogP contribution >= 0.6 is 0 Å². The number of ether oxygens (including phenoxy) is 1. The quantitative estimate of drug-likeness (QED) is 0.576. The molecule has 0 radical (unpaired) electrons. The maximum absolute atomic E-state index is 13.3. The number of fused-ring (bicyclic) bond motifs is 1. The average Bonchev–Trinajstić information content (AvgIpc) is 2.97. The zero-order valence-corrected chi connectivity index (χ0v) is 18.6. The van der Waals surface area contributed by atoms with Gasteiger partial charge in [0.1, 0.15) is 5.75 Å². The summed E-state index contributed by atoms with van der Waals surface area (Å²) in [4.78, 5) is 26.0. The first-order chi connectivity index (χ1) is 14.9. The molecule has 0 aliphatic rings. The van der Waals surface area contributed by atoms with Crippen molar-refractivity contribution in [1.29, 1.82) is 0 Å². The van der Waals surface area contributed by atoms with Crippen molar-refractivity contribution < 1.29 is 23.4 Å². The van der Waals surface area contributed by atoms with Crippen LogP contribution in [-0.2, 0) is 0 Å². The number of hydrogen-bond donors (Lipinski definition) is 2. The third kappa shape index (κ3) is 4.67. The lowest BCUT2D eigenvalue weighted by Gasteiger charge is -2.26. The summed E-state index contributed by atoms with van der Waals surface area (Å²) in [5.74, 6) is -0.448. The number of aromatic nitrogens is 2. The number of rotatable bonds is 7. The van der Waals surface area contributed by atoms with Gasteiger partial charge in [0.25, 0.3) is 5.91 Å². The van der Waals surface area contributed by atoms with Crippen LogP contribution in [0.25, 0.3) is 16.7 Å². The van der Waals surface area contributed by atoms with Crippen molar-refractivity contribution >= 4 is 16.9 Å². The molecule has 1 atom stereocenters. The molecular formula is C23H27F2N3O4. The Bertz CT molecular complexity index is 1190. The molecular weight excluding hydrogens is 420 g/mol. The van der Waals surface area contributed by atoms with Gasteiger partial charge in [-0.15, -0.1) is 0 Å². The maximum Gasteiger partial charge on any atom is 0.387 e. The highest BCUT2D eigenvalue weighted by Crippen LogP contribution is 2.25. The summed E-state index contributed by atoms with van der Waals surface area (Å²) in [6.45, 7) is 5.60. The first kappa shape index (κ1) is 23.5. The molecule has 1 heterocycles. The Hall–Kier alpha value is -3.20. The van der Waals surface area contributed by atoms with E-state index in [9.17, 15) is 23.5 Å². The number of amides is 1. The van der Waals surface area contributed by atoms with Gasteiger partial charge < -0.3 is 15.2 Å². The minimum Gasteiger partial charge on any atom is -0.435 e. The van der Waals surface area contributed by atoms with E-state index in [1.54, 1.807) is 45.0 Å². The van der Waals surface area contributed by atoms with E-state index in [0.717, 1.165) is 0 Å². The fourth-order valence-electron chi connectivity index (χ4n) is 3.36. The van der Waals surface area contributed by atoms with E-state index in [4.69, 9.17) is 0 Å². The van der Waals surface area contributed by atoms with Crippen LogP contribution in [-0.4, -0.2) is 38.4 Å². The van der Waals surface area contributed by atoms with Gasteiger partial charge in [0.2, 0.25) is 0 Å². The van der Waals surface area contributed by atoms with Crippen molar-refractivity contribution in [3.8, 4) is 11.4 Å². The summed E-state index contributed by atoms with van der Waals surface area (Å²) in [6, 6.07) is 10.00. The summed E-state index contributed by atoms with van der Waals surface area (Å²) >= 11 is 0. The van der Waals surface area contributed by atoms with Crippen molar-refractivity contribution in [3.05, 3.63) is 58.5 Å². The van der Waals surface area contributed by atoms with Crippen molar-refractivity contribution in [2.45, 2.75) is 58.9 Å². The molecule has 0 aliphatic carbocycles. The number of alkyl halides is 2. The monoisotopic (exact) mass is 447 g/mol. The molecule has 1 unspecified atom stereocenters. The molecule has 3 aromatic rings. The Morgan fingerprint density at radius 3 is 2.38 bits per heavy atom. The number of nitrogens with one attached hydrogen (secondary N) is 1. The second-order valence-corrected chi connectivity index (χ2v) is 8.51. The van der Waals surface area contributed by atoms with E-state index in [0.29, 0.717) is 22.3 Å². The Balaban J connectivity index is 2.12. The zero-order valence-electron chi connectivity index (χ0n) is 18.6. The fourth-order valence-corrected chi connectivity index (χ4v) is 3.36. The first-order valence-corrected chi connectivity index (χ1v) is 10.3. The van der Waals surface area contributed by atoms with E-state index in [-0.39, 0.29) is 23.4 Å². The third-order valence-electron chi connectivity index (χ3n) is 5.36. The molecule has 0 aliphatic heterocycles. The molecule has 0 saturated carbocycles. The number of imidazole rings is 1. The number of carbonyl (C=O) groups is 1. The van der Waals surface area contributed by atoms with E-state index in [2.05, 4.69) is 10.1 Å². The molecule has 172 valence electrons. The normalized spacial score (nSPS) is 13.1. The smallest absolute Gasteiger partial charge is 0.387 e. The SMILES string of the molecule is CC(C)n1c(=O)n(-c2cccc(OC(F)F)c2)c2ccc(C(=O)NC(C)C(C)(C)O)cc21. The third-order valence-corrected chi connectivity index (χ3v) is 5.36. The van der Waals surface area contributed by atoms with Gasteiger partial charge in [-0.25, -0.2) is 4.79 Å². The van der Waals surface area contributed by atoms with Crippen molar-refractivity contribution in [3.63, 3.8) is 0 Å². The summed E-state index contributed by atoms with van der Waals surface area (Å²) in [6.07, 6.45) is 0. The molecule has 7 nitrogen and oxygen atoms in total. The molecule has 32 heavy (non-hydrogen) atoms. The van der Waals surface area contributed by atoms with Crippen LogP contribution in [0.1, 0.15) is 51.0 Å². The molecule has 0 fully saturated rings. The first-order valence-electron chi connectivity index (χ1n) is 10.3. The topological polar surface area (TPSA) is 85.5 Å². The lowest BCUT2D eigenvalue weighted by Crippen LogP contribution is -2.47. The number of nitrogens with zero attached hydrogens (tertiary/aromatic N) is 2. The summed E-state index contributed by atoms with van der Waals surface area (Å²) in [7, 11) is 0. The molecule has 2 N–H and O–H groups in total. The maximum atomic E-state index is 13.3. The molecule has 0 spiro atoms. The Labute approximate surface area is 184 Å². The summed E-state index contributed by atoms with van der Waals surface area (Å²) in [5, 5.41) is 12.9. The van der Waals surface area contributed by atoms with Crippen LogP contribution in [0.3, 0.4) is 0 Å². The Kier molecular flexibility index (Phi) is 6.41. The fraction of sp³-hybridized carbons (Fsp3) is 0.391. The van der Waals surface area contributed by atoms with Gasteiger partial charge in [0.15, 0.2) is 0 Å². The van der Waals surface area contributed by atoms with Crippen molar-refractivity contribution in [2.75, 3.05) is 0 Å². The van der Waals surface area contributed by atoms with Crippen LogP contribution in [0.4, 0.5) is 8.78 Å². The van der Waals surface area contributed by atoms with Crippen LogP contribution in [0.15, 0.2) is 47.3 Å². The lowest BCUT2D eigenvalue weighted by atomic mass is 10.0. The number of halogens is 2. The van der Waals surface area contributed by atoms with Gasteiger partial charge in [0, 0.05) is 17.7 Å². The van der Waals surface area contributed by atoms with E-state index >= 15 is 0 Å². The van der Waals surface area contributed by atoms with Crippen LogP contribution in [0, 0.1) is 0 Å². The van der Waals surface area contributed by atoms with E-state index in [1.807, 2.05) is 13.8 Å². The highest BCUT2D eigenvalue weighted by molar-refractivity contribution is 5.98. The minimum absolute atomic E-state index is 0.0635. The van der Waals surface area contributed by atoms with Gasteiger partial charge >= 0.3 is 12.3 Å². The van der Waals surface area contributed by atoms with Gasteiger partial charge in [-0.2, -0.15) is 8.78 Å². The second kappa shape index (κ2) is 8.74. The lowest BCUT2D eigenvalue weighted by molar-refractivity contribution is -0.0498. The van der Waals surface area contributed by atoms with E-state index in [1.165, 1.54) is 27.3 Å². The highest BCUT2D eigenvalue weighted by Gasteiger charge is 2.25. The van der Waals surface area contributed by atoms with Gasteiger partial charge in [0.05, 0.1) is 28.4 Å². The molecule has 2 aromatic carbocycles. The Morgan fingerprint density at radius 2 is 1.78 bits per heavy atom. The standard InChI is InChI=1S/C23H27F2N3O4/c1-13(2)27-19-11-15(20(29)26-14(3)23(4,5)31)9-10-18(19)28(22(27)30)16-7-6-8-17(12-16)32-21(24)25/h6-14,21,31H,1-5H3,(H,26,29). The molecule has 3 rings (SSSR count). The predicted molar refractivity (Wildman–Crippen MR) is 118 cm³/mol.